The smallest absolute Gasteiger partial charge is 0.0153 e. The summed E-state index contributed by atoms with van der Waals surface area (Å²) in [6, 6.07) is 0. The summed E-state index contributed by atoms with van der Waals surface area (Å²) in [5, 5.41) is 3.74. The van der Waals surface area contributed by atoms with Gasteiger partial charge in [0.2, 0.25) is 0 Å². The van der Waals surface area contributed by atoms with E-state index in [0.717, 1.165) is 17.8 Å². The molecule has 1 heteroatoms. The molecule has 0 spiro atoms. The van der Waals surface area contributed by atoms with E-state index in [9.17, 15) is 0 Å². The monoisotopic (exact) mass is 197 g/mol. The predicted molar refractivity (Wildman–Crippen MR) is 63.4 cm³/mol. The van der Waals surface area contributed by atoms with E-state index >= 15 is 0 Å². The van der Waals surface area contributed by atoms with Gasteiger partial charge in [0.25, 0.3) is 0 Å². The van der Waals surface area contributed by atoms with Gasteiger partial charge in [0.1, 0.15) is 0 Å². The molecule has 1 aliphatic rings. The minimum Gasteiger partial charge on any atom is -0.311 e. The van der Waals surface area contributed by atoms with Crippen molar-refractivity contribution in [2.45, 2.75) is 59.4 Å². The molecule has 0 aliphatic carbocycles. The highest BCUT2D eigenvalue weighted by Crippen LogP contribution is 2.35. The van der Waals surface area contributed by atoms with Gasteiger partial charge in [-0.15, -0.1) is 0 Å². The molecule has 0 radical (unpaired) electrons. The minimum absolute atomic E-state index is 0.324. The highest BCUT2D eigenvalue weighted by Gasteiger charge is 2.35. The van der Waals surface area contributed by atoms with Crippen LogP contribution in [0.15, 0.2) is 0 Å². The Hall–Kier alpha value is -0.0400. The molecule has 1 heterocycles. The summed E-state index contributed by atoms with van der Waals surface area (Å²) < 4.78 is 0. The van der Waals surface area contributed by atoms with Crippen LogP contribution >= 0.6 is 0 Å². The third kappa shape index (κ3) is 2.50. The Bertz CT molecular complexity index is 174. The lowest BCUT2D eigenvalue weighted by Gasteiger charge is -2.35. The zero-order valence-corrected chi connectivity index (χ0v) is 10.6. The van der Waals surface area contributed by atoms with Crippen LogP contribution in [-0.2, 0) is 0 Å². The number of hydrogen-bond donors (Lipinski definition) is 1. The van der Waals surface area contributed by atoms with Gasteiger partial charge in [-0.2, -0.15) is 0 Å². The quantitative estimate of drug-likeness (QED) is 0.715. The van der Waals surface area contributed by atoms with Gasteiger partial charge in [0.15, 0.2) is 0 Å². The molecule has 1 nitrogen and oxygen atoms in total. The Labute approximate surface area is 89.7 Å². The van der Waals surface area contributed by atoms with Gasteiger partial charge in [-0.05, 0) is 44.6 Å². The van der Waals surface area contributed by atoms with Gasteiger partial charge in [-0.1, -0.05) is 33.6 Å². The summed E-state index contributed by atoms with van der Waals surface area (Å²) in [5.41, 5.74) is 0.324. The Morgan fingerprint density at radius 1 is 1.21 bits per heavy atom. The van der Waals surface area contributed by atoms with Crippen LogP contribution in [0.3, 0.4) is 0 Å². The van der Waals surface area contributed by atoms with Crippen LogP contribution in [0.25, 0.3) is 0 Å². The Morgan fingerprint density at radius 2 is 1.86 bits per heavy atom. The average Bonchev–Trinajstić information content (AvgIpc) is 2.27. The summed E-state index contributed by atoms with van der Waals surface area (Å²) >= 11 is 0. The molecule has 1 fully saturated rings. The summed E-state index contributed by atoms with van der Waals surface area (Å²) in [5.74, 6) is 2.60. The summed E-state index contributed by atoms with van der Waals surface area (Å²) in [6.07, 6.45) is 4.08. The maximum absolute atomic E-state index is 3.74. The fraction of sp³-hybridized carbons (Fsp3) is 1.00. The zero-order valence-electron chi connectivity index (χ0n) is 10.6. The van der Waals surface area contributed by atoms with Gasteiger partial charge >= 0.3 is 0 Å². The van der Waals surface area contributed by atoms with E-state index in [4.69, 9.17) is 0 Å². The van der Waals surface area contributed by atoms with Crippen molar-refractivity contribution in [3.63, 3.8) is 0 Å². The normalized spacial score (nSPS) is 37.9. The van der Waals surface area contributed by atoms with Crippen LogP contribution in [0.4, 0.5) is 0 Å². The topological polar surface area (TPSA) is 12.0 Å². The van der Waals surface area contributed by atoms with Crippen LogP contribution in [0, 0.1) is 17.8 Å². The van der Waals surface area contributed by atoms with Gasteiger partial charge in [-0.3, -0.25) is 0 Å². The van der Waals surface area contributed by atoms with Crippen molar-refractivity contribution < 1.29 is 0 Å². The van der Waals surface area contributed by atoms with Gasteiger partial charge in [0.05, 0.1) is 0 Å². The Balaban J connectivity index is 2.73. The van der Waals surface area contributed by atoms with Crippen molar-refractivity contribution in [1.82, 2.24) is 5.32 Å². The van der Waals surface area contributed by atoms with Crippen LogP contribution in [0.1, 0.15) is 53.9 Å². The van der Waals surface area contributed by atoms with Crippen LogP contribution in [-0.4, -0.2) is 12.1 Å². The molecular formula is C13H27N. The SMILES string of the molecule is CCC1CNC(C)(C)C(C)C(CC)C1. The predicted octanol–water partition coefficient (Wildman–Crippen LogP) is 3.45. The van der Waals surface area contributed by atoms with Crippen LogP contribution in [0.5, 0.6) is 0 Å². The summed E-state index contributed by atoms with van der Waals surface area (Å²) in [6.45, 7) is 13.0. The second-order valence-electron chi connectivity index (χ2n) is 5.57. The van der Waals surface area contributed by atoms with E-state index in [-0.39, 0.29) is 0 Å². The first kappa shape index (κ1) is 12.0. The van der Waals surface area contributed by atoms with Crippen molar-refractivity contribution in [3.05, 3.63) is 0 Å². The summed E-state index contributed by atoms with van der Waals surface area (Å²) in [4.78, 5) is 0. The molecule has 0 amide bonds. The molecule has 0 aromatic heterocycles. The first-order valence-electron chi connectivity index (χ1n) is 6.26. The lowest BCUT2D eigenvalue weighted by atomic mass is 9.76. The molecule has 1 aliphatic heterocycles. The zero-order chi connectivity index (χ0) is 10.8. The molecule has 1 rings (SSSR count). The lowest BCUT2D eigenvalue weighted by molar-refractivity contribution is 0.206. The van der Waals surface area contributed by atoms with Crippen LogP contribution < -0.4 is 5.32 Å². The third-order valence-corrected chi connectivity index (χ3v) is 4.43. The van der Waals surface area contributed by atoms with Gasteiger partial charge < -0.3 is 5.32 Å². The standard InChI is InChI=1S/C13H27N/c1-6-11-8-12(7-2)10(3)13(4,5)14-9-11/h10-12,14H,6-9H2,1-5H3. The van der Waals surface area contributed by atoms with E-state index in [2.05, 4.69) is 39.9 Å². The van der Waals surface area contributed by atoms with Crippen molar-refractivity contribution >= 4 is 0 Å². The maximum atomic E-state index is 3.74. The molecule has 1 N–H and O–H groups in total. The third-order valence-electron chi connectivity index (χ3n) is 4.43. The van der Waals surface area contributed by atoms with Gasteiger partial charge in [0, 0.05) is 5.54 Å². The number of nitrogens with one attached hydrogen (secondary N) is 1. The molecule has 3 atom stereocenters. The fourth-order valence-electron chi connectivity index (χ4n) is 2.70. The fourth-order valence-corrected chi connectivity index (χ4v) is 2.70. The van der Waals surface area contributed by atoms with Gasteiger partial charge in [-0.25, -0.2) is 0 Å². The Kier molecular flexibility index (Phi) is 4.00. The molecule has 14 heavy (non-hydrogen) atoms. The van der Waals surface area contributed by atoms with E-state index in [1.165, 1.54) is 25.8 Å². The first-order valence-corrected chi connectivity index (χ1v) is 6.26. The lowest BCUT2D eigenvalue weighted by Crippen LogP contribution is -2.46. The first-order chi connectivity index (χ1) is 6.51. The molecular weight excluding hydrogens is 170 g/mol. The molecule has 0 aromatic carbocycles. The Morgan fingerprint density at radius 3 is 2.36 bits per heavy atom. The molecule has 3 unspecified atom stereocenters. The second-order valence-corrected chi connectivity index (χ2v) is 5.57. The number of rotatable bonds is 2. The molecule has 1 saturated heterocycles. The highest BCUT2D eigenvalue weighted by molar-refractivity contribution is 4.91. The van der Waals surface area contributed by atoms with E-state index in [0.29, 0.717) is 5.54 Å². The highest BCUT2D eigenvalue weighted by atomic mass is 15.0. The molecule has 0 aromatic rings. The largest absolute Gasteiger partial charge is 0.311 e. The van der Waals surface area contributed by atoms with Crippen molar-refractivity contribution in [3.8, 4) is 0 Å². The van der Waals surface area contributed by atoms with E-state index in [1.807, 2.05) is 0 Å². The van der Waals surface area contributed by atoms with Crippen molar-refractivity contribution in [2.75, 3.05) is 6.54 Å². The molecule has 0 bridgehead atoms. The second kappa shape index (κ2) is 4.65. The van der Waals surface area contributed by atoms with E-state index < -0.39 is 0 Å². The molecule has 84 valence electrons. The summed E-state index contributed by atoms with van der Waals surface area (Å²) in [7, 11) is 0. The van der Waals surface area contributed by atoms with Crippen molar-refractivity contribution in [1.29, 1.82) is 0 Å². The number of hydrogen-bond acceptors (Lipinski definition) is 1. The minimum atomic E-state index is 0.324. The average molecular weight is 197 g/mol. The van der Waals surface area contributed by atoms with Crippen LogP contribution in [0.2, 0.25) is 0 Å². The van der Waals surface area contributed by atoms with E-state index in [1.54, 1.807) is 0 Å². The molecule has 0 saturated carbocycles. The van der Waals surface area contributed by atoms with Crippen molar-refractivity contribution in [2.24, 2.45) is 17.8 Å². The maximum Gasteiger partial charge on any atom is 0.0153 e.